The van der Waals surface area contributed by atoms with E-state index in [1.165, 1.54) is 0 Å². The number of hydrogen-bond donors (Lipinski definition) is 2. The van der Waals surface area contributed by atoms with Crippen molar-refractivity contribution in [2.75, 3.05) is 13.1 Å². The van der Waals surface area contributed by atoms with E-state index < -0.39 is 23.3 Å². The predicted octanol–water partition coefficient (Wildman–Crippen LogP) is 2.43. The molecule has 1 saturated heterocycles. The molecule has 0 spiro atoms. The minimum Gasteiger partial charge on any atom is -0.481 e. The number of alkyl carbamates (subject to hydrolysis) is 1. The lowest BCUT2D eigenvalue weighted by Gasteiger charge is -2.39. The maximum absolute atomic E-state index is 12.0. The van der Waals surface area contributed by atoms with Crippen molar-refractivity contribution in [2.24, 2.45) is 5.92 Å². The molecule has 2 unspecified atom stereocenters. The second-order valence-electron chi connectivity index (χ2n) is 6.92. The summed E-state index contributed by atoms with van der Waals surface area (Å²) < 4.78 is 5.32. The number of ether oxygens (including phenoxy) is 1. The normalized spacial score (nSPS) is 22.6. The van der Waals surface area contributed by atoms with Crippen LogP contribution < -0.4 is 5.32 Å². The first-order valence-corrected chi connectivity index (χ1v) is 7.56. The third-order valence-corrected chi connectivity index (χ3v) is 3.74. The van der Waals surface area contributed by atoms with E-state index in [9.17, 15) is 9.59 Å². The number of amides is 1. The summed E-state index contributed by atoms with van der Waals surface area (Å²) in [5, 5.41) is 12.0. The molecule has 0 aliphatic carbocycles. The van der Waals surface area contributed by atoms with Gasteiger partial charge >= 0.3 is 12.1 Å². The van der Waals surface area contributed by atoms with E-state index in [0.717, 1.165) is 12.8 Å². The molecule has 122 valence electrons. The van der Waals surface area contributed by atoms with Crippen LogP contribution in [0, 0.1) is 5.92 Å². The molecule has 21 heavy (non-hydrogen) atoms. The summed E-state index contributed by atoms with van der Waals surface area (Å²) in [4.78, 5) is 25.2. The fraction of sp³-hybridized carbons (Fsp3) is 0.867. The van der Waals surface area contributed by atoms with Gasteiger partial charge in [0.25, 0.3) is 0 Å². The van der Waals surface area contributed by atoms with Crippen LogP contribution in [0.2, 0.25) is 0 Å². The van der Waals surface area contributed by atoms with Gasteiger partial charge in [-0.2, -0.15) is 0 Å². The molecule has 6 heteroatoms. The lowest BCUT2D eigenvalue weighted by Crippen LogP contribution is -2.58. The van der Waals surface area contributed by atoms with Gasteiger partial charge in [0, 0.05) is 13.1 Å². The first kappa shape index (κ1) is 17.8. The Kier molecular flexibility index (Phi) is 5.61. The molecule has 1 aliphatic heterocycles. The van der Waals surface area contributed by atoms with E-state index in [-0.39, 0.29) is 5.92 Å². The van der Waals surface area contributed by atoms with Crippen molar-refractivity contribution < 1.29 is 19.4 Å². The maximum atomic E-state index is 12.0. The molecule has 0 bridgehead atoms. The highest BCUT2D eigenvalue weighted by Gasteiger charge is 2.40. The van der Waals surface area contributed by atoms with Crippen molar-refractivity contribution in [3.8, 4) is 0 Å². The van der Waals surface area contributed by atoms with Gasteiger partial charge in [0.15, 0.2) is 0 Å². The fourth-order valence-electron chi connectivity index (χ4n) is 2.72. The number of nitrogens with one attached hydrogen (secondary N) is 1. The van der Waals surface area contributed by atoms with Crippen molar-refractivity contribution in [1.29, 1.82) is 0 Å². The van der Waals surface area contributed by atoms with Crippen LogP contribution in [0.25, 0.3) is 0 Å². The van der Waals surface area contributed by atoms with Crippen molar-refractivity contribution in [1.82, 2.24) is 10.2 Å². The number of rotatable bonds is 5. The number of aliphatic carboxylic acids is 1. The standard InChI is InChI=1S/C15H28N2O4/c1-6-8-15(5,16-13(20)21-14(2,3)4)17-9-7-11(10-17)12(18)19/h11H,6-10H2,1-5H3,(H,16,20)(H,18,19). The van der Waals surface area contributed by atoms with Crippen LogP contribution in [0.3, 0.4) is 0 Å². The summed E-state index contributed by atoms with van der Waals surface area (Å²) in [6, 6.07) is 0. The summed E-state index contributed by atoms with van der Waals surface area (Å²) in [5.74, 6) is -1.13. The zero-order valence-corrected chi connectivity index (χ0v) is 13.7. The summed E-state index contributed by atoms with van der Waals surface area (Å²) in [7, 11) is 0. The Hall–Kier alpha value is -1.30. The van der Waals surface area contributed by atoms with Crippen molar-refractivity contribution in [3.05, 3.63) is 0 Å². The van der Waals surface area contributed by atoms with Gasteiger partial charge in [-0.3, -0.25) is 9.69 Å². The molecule has 1 fully saturated rings. The predicted molar refractivity (Wildman–Crippen MR) is 80.0 cm³/mol. The Bertz CT molecular complexity index is 392. The first-order chi connectivity index (χ1) is 9.57. The number of carbonyl (C=O) groups is 2. The van der Waals surface area contributed by atoms with Crippen LogP contribution in [-0.4, -0.2) is 46.4 Å². The molecular weight excluding hydrogens is 272 g/mol. The summed E-state index contributed by atoms with van der Waals surface area (Å²) in [6.07, 6.45) is 1.79. The van der Waals surface area contributed by atoms with Gasteiger partial charge in [-0.1, -0.05) is 13.3 Å². The molecule has 2 atom stereocenters. The molecule has 1 heterocycles. The van der Waals surface area contributed by atoms with Crippen molar-refractivity contribution >= 4 is 12.1 Å². The zero-order chi connectivity index (χ0) is 16.3. The Morgan fingerprint density at radius 2 is 1.95 bits per heavy atom. The molecule has 1 amide bonds. The van der Waals surface area contributed by atoms with E-state index in [2.05, 4.69) is 5.32 Å². The van der Waals surface area contributed by atoms with Gasteiger partial charge < -0.3 is 15.2 Å². The van der Waals surface area contributed by atoms with Crippen LogP contribution in [0.5, 0.6) is 0 Å². The molecule has 0 radical (unpaired) electrons. The quantitative estimate of drug-likeness (QED) is 0.815. The summed E-state index contributed by atoms with van der Waals surface area (Å²) in [6.45, 7) is 10.6. The number of hydrogen-bond acceptors (Lipinski definition) is 4. The molecule has 0 saturated carbocycles. The Morgan fingerprint density at radius 3 is 2.38 bits per heavy atom. The fourth-order valence-corrected chi connectivity index (χ4v) is 2.72. The number of carboxylic acid groups (broad SMARTS) is 1. The number of nitrogens with zero attached hydrogens (tertiary/aromatic N) is 1. The highest BCUT2D eigenvalue weighted by Crippen LogP contribution is 2.27. The molecular formula is C15H28N2O4. The smallest absolute Gasteiger partial charge is 0.409 e. The summed E-state index contributed by atoms with van der Waals surface area (Å²) >= 11 is 0. The minimum absolute atomic E-state index is 0.360. The van der Waals surface area contributed by atoms with Crippen LogP contribution in [0.1, 0.15) is 53.9 Å². The largest absolute Gasteiger partial charge is 0.481 e. The first-order valence-electron chi connectivity index (χ1n) is 7.56. The van der Waals surface area contributed by atoms with E-state index in [0.29, 0.717) is 19.5 Å². The Morgan fingerprint density at radius 1 is 1.33 bits per heavy atom. The van der Waals surface area contributed by atoms with Crippen LogP contribution >= 0.6 is 0 Å². The van der Waals surface area contributed by atoms with Gasteiger partial charge in [0.2, 0.25) is 0 Å². The highest BCUT2D eigenvalue weighted by molar-refractivity contribution is 5.71. The van der Waals surface area contributed by atoms with E-state index in [1.807, 2.05) is 39.5 Å². The number of carboxylic acids is 1. The van der Waals surface area contributed by atoms with Gasteiger partial charge in [-0.25, -0.2) is 4.79 Å². The molecule has 1 aliphatic rings. The second-order valence-corrected chi connectivity index (χ2v) is 6.92. The van der Waals surface area contributed by atoms with Crippen LogP contribution in [0.4, 0.5) is 4.79 Å². The third-order valence-electron chi connectivity index (χ3n) is 3.74. The van der Waals surface area contributed by atoms with Gasteiger partial charge in [-0.15, -0.1) is 0 Å². The molecule has 0 aromatic carbocycles. The number of likely N-dealkylation sites (tertiary alicyclic amines) is 1. The SMILES string of the molecule is CCCC(C)(NC(=O)OC(C)(C)C)N1CCC(C(=O)O)C1. The topological polar surface area (TPSA) is 78.9 Å². The second kappa shape index (κ2) is 6.64. The van der Waals surface area contributed by atoms with E-state index >= 15 is 0 Å². The molecule has 0 aromatic heterocycles. The lowest BCUT2D eigenvalue weighted by atomic mass is 10.0. The highest BCUT2D eigenvalue weighted by atomic mass is 16.6. The number of carbonyl (C=O) groups excluding carboxylic acids is 1. The van der Waals surface area contributed by atoms with Gasteiger partial charge in [0.1, 0.15) is 5.60 Å². The van der Waals surface area contributed by atoms with E-state index in [1.54, 1.807) is 0 Å². The van der Waals surface area contributed by atoms with E-state index in [4.69, 9.17) is 9.84 Å². The molecule has 6 nitrogen and oxygen atoms in total. The van der Waals surface area contributed by atoms with Gasteiger partial charge in [0.05, 0.1) is 11.6 Å². The van der Waals surface area contributed by atoms with Crippen molar-refractivity contribution in [2.45, 2.75) is 65.1 Å². The Labute approximate surface area is 126 Å². The van der Waals surface area contributed by atoms with Crippen LogP contribution in [-0.2, 0) is 9.53 Å². The summed E-state index contributed by atoms with van der Waals surface area (Å²) in [5.41, 5.74) is -1.12. The maximum Gasteiger partial charge on any atom is 0.409 e. The van der Waals surface area contributed by atoms with Crippen LogP contribution in [0.15, 0.2) is 0 Å². The zero-order valence-electron chi connectivity index (χ0n) is 13.7. The lowest BCUT2D eigenvalue weighted by molar-refractivity contribution is -0.141. The third kappa shape index (κ3) is 5.19. The minimum atomic E-state index is -0.770. The van der Waals surface area contributed by atoms with Crippen molar-refractivity contribution in [3.63, 3.8) is 0 Å². The molecule has 0 aromatic rings. The average Bonchev–Trinajstić information content (AvgIpc) is 2.75. The molecule has 1 rings (SSSR count). The van der Waals surface area contributed by atoms with Gasteiger partial charge in [-0.05, 0) is 40.5 Å². The monoisotopic (exact) mass is 300 g/mol. The average molecular weight is 300 g/mol. The molecule has 2 N–H and O–H groups in total. The Balaban J connectivity index is 2.74.